The second-order valence-corrected chi connectivity index (χ2v) is 8.78. The van der Waals surface area contributed by atoms with E-state index >= 15 is 0 Å². The van der Waals surface area contributed by atoms with Crippen molar-refractivity contribution in [3.63, 3.8) is 0 Å². The molecule has 0 aliphatic rings. The summed E-state index contributed by atoms with van der Waals surface area (Å²) in [5.74, 6) is 1.17. The molecule has 1 rings (SSSR count). The molecular weight excluding hydrogens is 465 g/mol. The molecule has 0 radical (unpaired) electrons. The van der Waals surface area contributed by atoms with Crippen LogP contribution in [0.1, 0.15) is 25.8 Å². The number of hydrogen-bond acceptors (Lipinski definition) is 4. The molecule has 0 spiro atoms. The van der Waals surface area contributed by atoms with Gasteiger partial charge in [-0.3, -0.25) is 4.99 Å². The molecule has 6 nitrogen and oxygen atoms in total. The number of hydrogen-bond donors (Lipinski definition) is 2. The average Bonchev–Trinajstić information content (AvgIpc) is 2.57. The average molecular weight is 497 g/mol. The molecule has 1 aromatic carbocycles. The third kappa shape index (κ3) is 12.5. The number of guanidine groups is 1. The van der Waals surface area contributed by atoms with Gasteiger partial charge in [-0.1, -0.05) is 37.3 Å². The first kappa shape index (κ1) is 25.1. The molecule has 2 unspecified atom stereocenters. The van der Waals surface area contributed by atoms with Crippen LogP contribution in [0.15, 0.2) is 35.3 Å². The highest BCUT2D eigenvalue weighted by Crippen LogP contribution is 2.03. The fourth-order valence-corrected chi connectivity index (χ4v) is 2.95. The maximum absolute atomic E-state index is 11.2. The second kappa shape index (κ2) is 13.3. The zero-order chi connectivity index (χ0) is 18.7. The smallest absolute Gasteiger partial charge is 0.191 e. The Morgan fingerprint density at radius 3 is 2.46 bits per heavy atom. The predicted octanol–water partition coefficient (Wildman–Crippen LogP) is 2.45. The third-order valence-electron chi connectivity index (χ3n) is 3.66. The largest absolute Gasteiger partial charge is 0.376 e. The highest BCUT2D eigenvalue weighted by molar-refractivity contribution is 14.0. The van der Waals surface area contributed by atoms with E-state index in [4.69, 9.17) is 4.74 Å². The SMILES string of the molecule is CN=C(NCC(C)COCc1ccccc1)NC(C)CCS(C)(=O)=O.I. The van der Waals surface area contributed by atoms with Gasteiger partial charge in [0.15, 0.2) is 5.96 Å². The van der Waals surface area contributed by atoms with Gasteiger partial charge in [-0.2, -0.15) is 0 Å². The number of aliphatic imine (C=N–C) groups is 1. The molecule has 0 heterocycles. The fourth-order valence-electron chi connectivity index (χ4n) is 2.17. The van der Waals surface area contributed by atoms with Gasteiger partial charge in [-0.15, -0.1) is 24.0 Å². The highest BCUT2D eigenvalue weighted by atomic mass is 127. The molecule has 8 heteroatoms. The van der Waals surface area contributed by atoms with Crippen LogP contribution in [0, 0.1) is 5.92 Å². The number of nitrogens with one attached hydrogen (secondary N) is 2. The summed E-state index contributed by atoms with van der Waals surface area (Å²) in [4.78, 5) is 4.18. The number of benzene rings is 1. The van der Waals surface area contributed by atoms with Crippen molar-refractivity contribution >= 4 is 39.8 Å². The molecule has 0 aliphatic carbocycles. The minimum absolute atomic E-state index is 0. The number of ether oxygens (including phenoxy) is 1. The minimum Gasteiger partial charge on any atom is -0.376 e. The molecule has 0 bridgehead atoms. The lowest BCUT2D eigenvalue weighted by Crippen LogP contribution is -2.44. The van der Waals surface area contributed by atoms with Crippen LogP contribution in [0.2, 0.25) is 0 Å². The fraction of sp³-hybridized carbons (Fsp3) is 0.611. The van der Waals surface area contributed by atoms with Crippen molar-refractivity contribution in [1.29, 1.82) is 0 Å². The van der Waals surface area contributed by atoms with Gasteiger partial charge < -0.3 is 15.4 Å². The van der Waals surface area contributed by atoms with Crippen LogP contribution >= 0.6 is 24.0 Å². The molecule has 26 heavy (non-hydrogen) atoms. The zero-order valence-corrected chi connectivity index (χ0v) is 19.2. The predicted molar refractivity (Wildman–Crippen MR) is 119 cm³/mol. The van der Waals surface area contributed by atoms with Crippen LogP contribution in [0.5, 0.6) is 0 Å². The van der Waals surface area contributed by atoms with Crippen LogP contribution in [0.25, 0.3) is 0 Å². The first-order valence-corrected chi connectivity index (χ1v) is 10.6. The molecule has 2 atom stereocenters. The lowest BCUT2D eigenvalue weighted by atomic mass is 10.2. The Kier molecular flexibility index (Phi) is 12.9. The van der Waals surface area contributed by atoms with Gasteiger partial charge in [0.25, 0.3) is 0 Å². The molecule has 0 saturated heterocycles. The summed E-state index contributed by atoms with van der Waals surface area (Å²) in [6, 6.07) is 10.1. The lowest BCUT2D eigenvalue weighted by Gasteiger charge is -2.19. The van der Waals surface area contributed by atoms with Crippen LogP contribution in [0.3, 0.4) is 0 Å². The summed E-state index contributed by atoms with van der Waals surface area (Å²) in [6.45, 7) is 6.05. The standard InChI is InChI=1S/C18H31N3O3S.HI/c1-15(13-24-14-17-8-6-5-7-9-17)12-20-18(19-3)21-16(2)10-11-25(4,22)23;/h5-9,15-16H,10-14H2,1-4H3,(H2,19,20,21);1H. The molecule has 0 amide bonds. The maximum Gasteiger partial charge on any atom is 0.191 e. The van der Waals surface area contributed by atoms with Gasteiger partial charge >= 0.3 is 0 Å². The van der Waals surface area contributed by atoms with E-state index in [2.05, 4.69) is 22.5 Å². The van der Waals surface area contributed by atoms with Gasteiger partial charge in [0, 0.05) is 25.9 Å². The van der Waals surface area contributed by atoms with E-state index in [1.54, 1.807) is 7.05 Å². The Morgan fingerprint density at radius 1 is 1.23 bits per heavy atom. The molecule has 0 fully saturated rings. The van der Waals surface area contributed by atoms with Crippen molar-refractivity contribution in [1.82, 2.24) is 10.6 Å². The lowest BCUT2D eigenvalue weighted by molar-refractivity contribution is 0.0931. The Balaban J connectivity index is 0.00000625. The number of nitrogens with zero attached hydrogens (tertiary/aromatic N) is 1. The van der Waals surface area contributed by atoms with Gasteiger partial charge in [-0.25, -0.2) is 8.42 Å². The summed E-state index contributed by atoms with van der Waals surface area (Å²) >= 11 is 0. The first-order valence-electron chi connectivity index (χ1n) is 8.56. The van der Waals surface area contributed by atoms with Gasteiger partial charge in [-0.05, 0) is 24.8 Å². The van der Waals surface area contributed by atoms with Gasteiger partial charge in [0.2, 0.25) is 0 Å². The number of sulfone groups is 1. The van der Waals surface area contributed by atoms with Crippen LogP contribution in [0.4, 0.5) is 0 Å². The molecule has 0 saturated carbocycles. The molecule has 2 N–H and O–H groups in total. The normalized spacial score (nSPS) is 14.2. The van der Waals surface area contributed by atoms with Crippen molar-refractivity contribution in [2.45, 2.75) is 32.9 Å². The van der Waals surface area contributed by atoms with Crippen molar-refractivity contribution in [3.8, 4) is 0 Å². The Hall–Kier alpha value is -0.870. The zero-order valence-electron chi connectivity index (χ0n) is 16.1. The molecular formula is C18H32IN3O3S. The maximum atomic E-state index is 11.2. The first-order chi connectivity index (χ1) is 11.8. The van der Waals surface area contributed by atoms with Crippen molar-refractivity contribution < 1.29 is 13.2 Å². The van der Waals surface area contributed by atoms with Crippen LogP contribution < -0.4 is 10.6 Å². The molecule has 1 aromatic rings. The Bertz CT molecular complexity index is 624. The van der Waals surface area contributed by atoms with E-state index in [1.165, 1.54) is 11.8 Å². The molecule has 0 aliphatic heterocycles. The molecule has 0 aromatic heterocycles. The Labute approximate surface area is 175 Å². The van der Waals surface area contributed by atoms with E-state index in [9.17, 15) is 8.42 Å². The van der Waals surface area contributed by atoms with E-state index in [1.807, 2.05) is 37.3 Å². The van der Waals surface area contributed by atoms with Gasteiger partial charge in [0.05, 0.1) is 19.0 Å². The van der Waals surface area contributed by atoms with E-state index in [-0.39, 0.29) is 35.8 Å². The number of halogens is 1. The summed E-state index contributed by atoms with van der Waals surface area (Å²) in [7, 11) is -1.23. The number of rotatable bonds is 10. The van der Waals surface area contributed by atoms with E-state index in [0.29, 0.717) is 31.5 Å². The third-order valence-corrected chi connectivity index (χ3v) is 4.64. The topological polar surface area (TPSA) is 79.8 Å². The van der Waals surface area contributed by atoms with Gasteiger partial charge in [0.1, 0.15) is 9.84 Å². The highest BCUT2D eigenvalue weighted by Gasteiger charge is 2.10. The molecule has 150 valence electrons. The summed E-state index contributed by atoms with van der Waals surface area (Å²) in [5, 5.41) is 6.47. The van der Waals surface area contributed by atoms with Crippen molar-refractivity contribution in [3.05, 3.63) is 35.9 Å². The van der Waals surface area contributed by atoms with E-state index < -0.39 is 9.84 Å². The summed E-state index contributed by atoms with van der Waals surface area (Å²) in [6.07, 6.45) is 1.80. The quantitative estimate of drug-likeness (QED) is 0.295. The monoisotopic (exact) mass is 497 g/mol. The van der Waals surface area contributed by atoms with Crippen molar-refractivity contribution in [2.75, 3.05) is 32.2 Å². The van der Waals surface area contributed by atoms with E-state index in [0.717, 1.165) is 6.54 Å². The van der Waals surface area contributed by atoms with Crippen molar-refractivity contribution in [2.24, 2.45) is 10.9 Å². The summed E-state index contributed by atoms with van der Waals surface area (Å²) < 4.78 is 28.2. The minimum atomic E-state index is -2.94. The van der Waals surface area contributed by atoms with Crippen LogP contribution in [-0.4, -0.2) is 52.6 Å². The Morgan fingerprint density at radius 2 is 1.88 bits per heavy atom. The van der Waals surface area contributed by atoms with Crippen LogP contribution in [-0.2, 0) is 21.2 Å². The second-order valence-electron chi connectivity index (χ2n) is 6.52. The summed E-state index contributed by atoms with van der Waals surface area (Å²) in [5.41, 5.74) is 1.17.